The molecule has 66 valence electrons. The molecule has 11 heavy (non-hydrogen) atoms. The van der Waals surface area contributed by atoms with Gasteiger partial charge in [0.2, 0.25) is 0 Å². The van der Waals surface area contributed by atoms with Gasteiger partial charge < -0.3 is 0 Å². The fraction of sp³-hybridized carbons (Fsp3) is 0.875. The first-order valence-corrected chi connectivity index (χ1v) is 4.32. The zero-order chi connectivity index (χ0) is 8.53. The lowest BCUT2D eigenvalue weighted by molar-refractivity contribution is -0.631. The maximum Gasteiger partial charge on any atom is 0.192 e. The molecule has 0 amide bonds. The molecule has 0 aliphatic rings. The van der Waals surface area contributed by atoms with Gasteiger partial charge in [-0.2, -0.15) is 10.9 Å². The third-order valence-corrected chi connectivity index (χ3v) is 1.60. The molecule has 0 saturated heterocycles. The van der Waals surface area contributed by atoms with Crippen molar-refractivity contribution in [2.24, 2.45) is 0 Å². The van der Waals surface area contributed by atoms with Gasteiger partial charge in [-0.1, -0.05) is 26.2 Å². The standard InChI is InChI=1S/C8H20N3/c1-4-5-6-7-8-10-11(3)9-2/h9-10H,3-8H2,1-2H3/q+1. The lowest BCUT2D eigenvalue weighted by Gasteiger charge is -2.00. The molecule has 0 spiro atoms. The fourth-order valence-electron chi connectivity index (χ4n) is 0.845. The van der Waals surface area contributed by atoms with Crippen molar-refractivity contribution in [2.75, 3.05) is 13.6 Å². The first-order valence-electron chi connectivity index (χ1n) is 4.32. The summed E-state index contributed by atoms with van der Waals surface area (Å²) in [5.74, 6) is 0. The summed E-state index contributed by atoms with van der Waals surface area (Å²) < 4.78 is 0. The minimum Gasteiger partial charge on any atom is -0.174 e. The van der Waals surface area contributed by atoms with E-state index in [1.807, 2.05) is 7.05 Å². The Hall–Kier alpha value is -0.730. The van der Waals surface area contributed by atoms with Crippen LogP contribution in [-0.2, 0) is 0 Å². The maximum atomic E-state index is 3.69. The van der Waals surface area contributed by atoms with Crippen molar-refractivity contribution in [3.63, 3.8) is 0 Å². The second-order valence-corrected chi connectivity index (χ2v) is 2.62. The topological polar surface area (TPSA) is 27.1 Å². The van der Waals surface area contributed by atoms with Gasteiger partial charge in [0.15, 0.2) is 6.72 Å². The lowest BCUT2D eigenvalue weighted by atomic mass is 10.2. The van der Waals surface area contributed by atoms with E-state index in [2.05, 4.69) is 24.5 Å². The molecule has 0 radical (unpaired) electrons. The van der Waals surface area contributed by atoms with Crippen molar-refractivity contribution in [1.82, 2.24) is 10.9 Å². The van der Waals surface area contributed by atoms with Crippen molar-refractivity contribution in [2.45, 2.75) is 32.6 Å². The first-order chi connectivity index (χ1) is 5.31. The fourth-order valence-corrected chi connectivity index (χ4v) is 0.845. The molecular weight excluding hydrogens is 138 g/mol. The minimum absolute atomic E-state index is 1.00. The summed E-state index contributed by atoms with van der Waals surface area (Å²) in [5.41, 5.74) is 5.97. The van der Waals surface area contributed by atoms with Crippen LogP contribution in [-0.4, -0.2) is 25.1 Å². The Kier molecular flexibility index (Phi) is 6.89. The van der Waals surface area contributed by atoms with Gasteiger partial charge in [0.1, 0.15) is 0 Å². The van der Waals surface area contributed by atoms with Gasteiger partial charge in [-0.05, 0) is 11.2 Å². The number of hydrazone groups is 2. The maximum absolute atomic E-state index is 3.69. The monoisotopic (exact) mass is 158 g/mol. The van der Waals surface area contributed by atoms with Crippen LogP contribution >= 0.6 is 0 Å². The van der Waals surface area contributed by atoms with Crippen molar-refractivity contribution < 1.29 is 4.79 Å². The molecule has 0 fully saturated rings. The van der Waals surface area contributed by atoms with Crippen LogP contribution in [0.2, 0.25) is 0 Å². The lowest BCUT2D eigenvalue weighted by Crippen LogP contribution is -2.36. The molecular formula is C8H20N3+. The zero-order valence-electron chi connectivity index (χ0n) is 7.69. The molecule has 0 aromatic heterocycles. The van der Waals surface area contributed by atoms with E-state index in [1.165, 1.54) is 25.7 Å². The summed E-state index contributed by atoms with van der Waals surface area (Å²) in [6, 6.07) is 0. The van der Waals surface area contributed by atoms with Crippen LogP contribution in [0.4, 0.5) is 0 Å². The van der Waals surface area contributed by atoms with Gasteiger partial charge in [0, 0.05) is 0 Å². The van der Waals surface area contributed by atoms with E-state index in [0.717, 1.165) is 6.54 Å². The summed E-state index contributed by atoms with van der Waals surface area (Å²) in [5, 5.41) is 0. The Morgan fingerprint density at radius 2 is 2.00 bits per heavy atom. The molecule has 0 bridgehead atoms. The van der Waals surface area contributed by atoms with Crippen LogP contribution in [0, 0.1) is 0 Å². The van der Waals surface area contributed by atoms with E-state index >= 15 is 0 Å². The molecule has 3 heteroatoms. The van der Waals surface area contributed by atoms with E-state index in [-0.39, 0.29) is 0 Å². The molecule has 0 aromatic carbocycles. The van der Waals surface area contributed by atoms with Crippen molar-refractivity contribution in [3.8, 4) is 0 Å². The second kappa shape index (κ2) is 7.38. The van der Waals surface area contributed by atoms with Crippen LogP contribution < -0.4 is 10.9 Å². The predicted molar refractivity (Wildman–Crippen MR) is 48.6 cm³/mol. The highest BCUT2D eigenvalue weighted by molar-refractivity contribution is 5.13. The predicted octanol–water partition coefficient (Wildman–Crippen LogP) is 0.919. The minimum atomic E-state index is 1.00. The summed E-state index contributed by atoms with van der Waals surface area (Å²) >= 11 is 0. The number of nitrogens with one attached hydrogen (secondary N) is 2. The molecule has 2 N–H and O–H groups in total. The van der Waals surface area contributed by atoms with Gasteiger partial charge in [-0.15, -0.1) is 0 Å². The highest BCUT2D eigenvalue weighted by atomic mass is 15.6. The van der Waals surface area contributed by atoms with Crippen molar-refractivity contribution in [1.29, 1.82) is 0 Å². The van der Waals surface area contributed by atoms with E-state index in [1.54, 1.807) is 4.79 Å². The average molecular weight is 158 g/mol. The third kappa shape index (κ3) is 7.16. The number of hydrogen-bond acceptors (Lipinski definition) is 2. The quantitative estimate of drug-likeness (QED) is 0.249. The van der Waals surface area contributed by atoms with Gasteiger partial charge >= 0.3 is 0 Å². The Bertz CT molecular complexity index is 102. The molecule has 0 heterocycles. The van der Waals surface area contributed by atoms with Gasteiger partial charge in [-0.3, -0.25) is 0 Å². The summed E-state index contributed by atoms with van der Waals surface area (Å²) in [6.45, 7) is 6.91. The molecule has 0 rings (SSSR count). The van der Waals surface area contributed by atoms with Crippen molar-refractivity contribution in [3.05, 3.63) is 0 Å². The number of hydrazine groups is 2. The van der Waals surface area contributed by atoms with Gasteiger partial charge in [-0.25, -0.2) is 0 Å². The van der Waals surface area contributed by atoms with E-state index in [4.69, 9.17) is 0 Å². The van der Waals surface area contributed by atoms with E-state index in [9.17, 15) is 0 Å². The number of hydrogen-bond donors (Lipinski definition) is 2. The number of unbranched alkanes of at least 4 members (excludes halogenated alkanes) is 3. The SMILES string of the molecule is C=[N+](NC)NCCCCCC. The largest absolute Gasteiger partial charge is 0.192 e. The molecule has 0 atom stereocenters. The van der Waals surface area contributed by atoms with E-state index in [0.29, 0.717) is 0 Å². The molecule has 0 aromatic rings. The van der Waals surface area contributed by atoms with Crippen LogP contribution in [0.15, 0.2) is 0 Å². The number of rotatable bonds is 7. The second-order valence-electron chi connectivity index (χ2n) is 2.62. The summed E-state index contributed by atoms with van der Waals surface area (Å²) in [6.07, 6.45) is 5.15. The molecule has 0 aliphatic heterocycles. The Labute approximate surface area is 69.4 Å². The highest BCUT2D eigenvalue weighted by Gasteiger charge is 1.92. The Morgan fingerprint density at radius 1 is 1.27 bits per heavy atom. The summed E-state index contributed by atoms with van der Waals surface area (Å²) in [4.78, 5) is 1.63. The highest BCUT2D eigenvalue weighted by Crippen LogP contribution is 1.96. The molecule has 0 unspecified atom stereocenters. The Balaban J connectivity index is 2.95. The summed E-state index contributed by atoms with van der Waals surface area (Å²) in [7, 11) is 1.84. The van der Waals surface area contributed by atoms with Crippen LogP contribution in [0.25, 0.3) is 0 Å². The van der Waals surface area contributed by atoms with Gasteiger partial charge in [0.25, 0.3) is 0 Å². The molecule has 0 aliphatic carbocycles. The van der Waals surface area contributed by atoms with Gasteiger partial charge in [0.05, 0.1) is 13.6 Å². The molecule has 0 saturated carbocycles. The zero-order valence-corrected chi connectivity index (χ0v) is 7.69. The van der Waals surface area contributed by atoms with E-state index < -0.39 is 0 Å². The van der Waals surface area contributed by atoms with Crippen LogP contribution in [0.3, 0.4) is 0 Å². The average Bonchev–Trinajstić information content (AvgIpc) is 2.04. The van der Waals surface area contributed by atoms with Crippen molar-refractivity contribution >= 4 is 6.72 Å². The van der Waals surface area contributed by atoms with Crippen LogP contribution in [0.5, 0.6) is 0 Å². The Morgan fingerprint density at radius 3 is 2.55 bits per heavy atom. The normalized spacial score (nSPS) is 9.27. The molecule has 3 nitrogen and oxygen atoms in total. The first kappa shape index (κ1) is 10.3. The third-order valence-electron chi connectivity index (χ3n) is 1.60. The van der Waals surface area contributed by atoms with Crippen LogP contribution in [0.1, 0.15) is 32.6 Å². The smallest absolute Gasteiger partial charge is 0.174 e. The number of nitrogens with zero attached hydrogens (tertiary/aromatic N) is 1.